The highest BCUT2D eigenvalue weighted by molar-refractivity contribution is 5.58. The van der Waals surface area contributed by atoms with Gasteiger partial charge in [0.25, 0.3) is 0 Å². The molecule has 0 amide bonds. The first-order valence-electron chi connectivity index (χ1n) is 8.75. The second-order valence-corrected chi connectivity index (χ2v) is 8.38. The number of aromatic nitrogens is 3. The highest BCUT2D eigenvalue weighted by Crippen LogP contribution is 2.25. The zero-order valence-corrected chi connectivity index (χ0v) is 16.0. The summed E-state index contributed by atoms with van der Waals surface area (Å²) in [6.45, 7) is 10.4. The summed E-state index contributed by atoms with van der Waals surface area (Å²) >= 11 is 0. The normalized spacial score (nSPS) is 15.2. The van der Waals surface area contributed by atoms with Crippen molar-refractivity contribution >= 4 is 6.08 Å². The summed E-state index contributed by atoms with van der Waals surface area (Å²) in [5.41, 5.74) is 1.73. The second kappa shape index (κ2) is 6.36. The van der Waals surface area contributed by atoms with Crippen LogP contribution in [0.4, 0.5) is 0 Å². The molecule has 0 saturated heterocycles. The van der Waals surface area contributed by atoms with Crippen molar-refractivity contribution in [3.05, 3.63) is 47.0 Å². The fraction of sp³-hybridized carbons (Fsp3) is 0.450. The highest BCUT2D eigenvalue weighted by atomic mass is 16.3. The molecule has 2 N–H and O–H groups in total. The van der Waals surface area contributed by atoms with Gasteiger partial charge in [-0.25, -0.2) is 9.98 Å². The number of aliphatic hydroxyl groups is 2. The molecule has 3 rings (SSSR count). The van der Waals surface area contributed by atoms with Crippen molar-refractivity contribution in [2.45, 2.75) is 52.2 Å². The van der Waals surface area contributed by atoms with Gasteiger partial charge in [0.2, 0.25) is 5.62 Å². The lowest BCUT2D eigenvalue weighted by Crippen LogP contribution is -2.31. The number of fused-ring (bicyclic) bond motifs is 1. The number of aliphatic hydroxyl groups excluding tert-OH is 1. The molecule has 1 aliphatic heterocycles. The van der Waals surface area contributed by atoms with Crippen LogP contribution in [0.2, 0.25) is 0 Å². The van der Waals surface area contributed by atoms with E-state index in [9.17, 15) is 10.2 Å². The van der Waals surface area contributed by atoms with Crippen molar-refractivity contribution in [2.24, 2.45) is 4.99 Å². The van der Waals surface area contributed by atoms with E-state index in [1.807, 2.05) is 12.1 Å². The zero-order valence-electron chi connectivity index (χ0n) is 16.0. The SMILES string of the molecule is CC(C)(O)CN=c1nc(-c2ccc(C(C)(C)C)cc2)nc2n1CC(O)=C2. The molecule has 6 nitrogen and oxygen atoms in total. The van der Waals surface area contributed by atoms with Crippen molar-refractivity contribution < 1.29 is 10.2 Å². The maximum Gasteiger partial charge on any atom is 0.229 e. The Hall–Kier alpha value is -2.47. The minimum absolute atomic E-state index is 0.0783. The van der Waals surface area contributed by atoms with Gasteiger partial charge in [0, 0.05) is 11.6 Å². The van der Waals surface area contributed by atoms with E-state index >= 15 is 0 Å². The topological polar surface area (TPSA) is 83.5 Å². The number of hydrogen-bond donors (Lipinski definition) is 2. The summed E-state index contributed by atoms with van der Waals surface area (Å²) in [4.78, 5) is 13.6. The lowest BCUT2D eigenvalue weighted by Gasteiger charge is -2.19. The smallest absolute Gasteiger partial charge is 0.229 e. The molecule has 0 unspecified atom stereocenters. The minimum Gasteiger partial charge on any atom is -0.510 e. The van der Waals surface area contributed by atoms with Crippen LogP contribution in [0.3, 0.4) is 0 Å². The number of benzene rings is 1. The molecule has 26 heavy (non-hydrogen) atoms. The van der Waals surface area contributed by atoms with Gasteiger partial charge >= 0.3 is 0 Å². The monoisotopic (exact) mass is 354 g/mol. The Morgan fingerprint density at radius 3 is 2.31 bits per heavy atom. The van der Waals surface area contributed by atoms with Crippen LogP contribution >= 0.6 is 0 Å². The summed E-state index contributed by atoms with van der Waals surface area (Å²) in [5.74, 6) is 1.39. The van der Waals surface area contributed by atoms with Crippen molar-refractivity contribution in [3.63, 3.8) is 0 Å². The number of allylic oxidation sites excluding steroid dienone is 1. The molecule has 1 aliphatic rings. The molecule has 2 heterocycles. The fourth-order valence-corrected chi connectivity index (χ4v) is 2.70. The van der Waals surface area contributed by atoms with E-state index in [4.69, 9.17) is 0 Å². The summed E-state index contributed by atoms with van der Waals surface area (Å²) in [6, 6.07) is 8.18. The largest absolute Gasteiger partial charge is 0.510 e. The standard InChI is InChI=1S/C20H26N4O2/c1-19(2,3)14-8-6-13(7-9-14)17-22-16-10-15(25)11-24(16)18(23-17)21-12-20(4,5)26/h6-10,25-26H,11-12H2,1-5H3. The van der Waals surface area contributed by atoms with Crippen LogP contribution in [-0.4, -0.2) is 36.9 Å². The third-order valence-corrected chi connectivity index (χ3v) is 4.18. The maximum atomic E-state index is 9.96. The first-order valence-corrected chi connectivity index (χ1v) is 8.75. The van der Waals surface area contributed by atoms with Crippen molar-refractivity contribution in [1.29, 1.82) is 0 Å². The molecular weight excluding hydrogens is 328 g/mol. The van der Waals surface area contributed by atoms with Gasteiger partial charge in [0.15, 0.2) is 5.82 Å². The van der Waals surface area contributed by atoms with Crippen LogP contribution in [0.1, 0.15) is 46.0 Å². The van der Waals surface area contributed by atoms with E-state index in [1.54, 1.807) is 24.5 Å². The second-order valence-electron chi connectivity index (χ2n) is 8.38. The lowest BCUT2D eigenvalue weighted by molar-refractivity contribution is 0.0891. The molecular formula is C20H26N4O2. The molecule has 1 aromatic heterocycles. The van der Waals surface area contributed by atoms with Crippen molar-refractivity contribution in [1.82, 2.24) is 14.5 Å². The van der Waals surface area contributed by atoms with Gasteiger partial charge in [0.05, 0.1) is 18.7 Å². The first kappa shape index (κ1) is 18.3. The van der Waals surface area contributed by atoms with Gasteiger partial charge in [-0.05, 0) is 24.8 Å². The van der Waals surface area contributed by atoms with Gasteiger partial charge in [-0.3, -0.25) is 4.57 Å². The van der Waals surface area contributed by atoms with Crippen LogP contribution in [0.25, 0.3) is 17.5 Å². The molecule has 0 atom stereocenters. The average molecular weight is 354 g/mol. The van der Waals surface area contributed by atoms with E-state index in [-0.39, 0.29) is 17.7 Å². The zero-order chi connectivity index (χ0) is 19.1. The van der Waals surface area contributed by atoms with Crippen LogP contribution < -0.4 is 5.62 Å². The van der Waals surface area contributed by atoms with E-state index in [1.165, 1.54) is 5.56 Å². The Morgan fingerprint density at radius 1 is 1.08 bits per heavy atom. The van der Waals surface area contributed by atoms with Gasteiger partial charge < -0.3 is 10.2 Å². The Balaban J connectivity index is 2.07. The Morgan fingerprint density at radius 2 is 1.73 bits per heavy atom. The van der Waals surface area contributed by atoms with Crippen LogP contribution in [0.15, 0.2) is 35.0 Å². The fourth-order valence-electron chi connectivity index (χ4n) is 2.70. The molecule has 0 spiro atoms. The predicted molar refractivity (Wildman–Crippen MR) is 101 cm³/mol. The number of rotatable bonds is 3. The van der Waals surface area contributed by atoms with Crippen LogP contribution in [0.5, 0.6) is 0 Å². The van der Waals surface area contributed by atoms with E-state index in [0.717, 1.165) is 5.56 Å². The Bertz CT molecular complexity index is 911. The van der Waals surface area contributed by atoms with Gasteiger partial charge in [0.1, 0.15) is 11.6 Å². The molecule has 2 aromatic rings. The van der Waals surface area contributed by atoms with Crippen LogP contribution in [0, 0.1) is 0 Å². The number of nitrogens with zero attached hydrogens (tertiary/aromatic N) is 4. The first-order chi connectivity index (χ1) is 12.0. The molecule has 0 saturated carbocycles. The van der Waals surface area contributed by atoms with Gasteiger partial charge in [-0.15, -0.1) is 0 Å². The third kappa shape index (κ3) is 4.02. The Kier molecular flexibility index (Phi) is 4.48. The molecule has 0 radical (unpaired) electrons. The minimum atomic E-state index is -0.930. The van der Waals surface area contributed by atoms with Crippen molar-refractivity contribution in [2.75, 3.05) is 6.54 Å². The summed E-state index contributed by atoms with van der Waals surface area (Å²) in [7, 11) is 0. The molecule has 0 bridgehead atoms. The van der Waals surface area contributed by atoms with E-state index in [2.05, 4.69) is 47.9 Å². The lowest BCUT2D eigenvalue weighted by atomic mass is 9.87. The Labute approximate surface area is 153 Å². The van der Waals surface area contributed by atoms with E-state index in [0.29, 0.717) is 23.8 Å². The highest BCUT2D eigenvalue weighted by Gasteiger charge is 2.18. The summed E-state index contributed by atoms with van der Waals surface area (Å²) < 4.78 is 1.74. The molecule has 0 fully saturated rings. The van der Waals surface area contributed by atoms with E-state index < -0.39 is 5.60 Å². The van der Waals surface area contributed by atoms with Crippen molar-refractivity contribution in [3.8, 4) is 11.4 Å². The molecule has 0 aliphatic carbocycles. The summed E-state index contributed by atoms with van der Waals surface area (Å²) in [5, 5.41) is 19.8. The van der Waals surface area contributed by atoms with Crippen LogP contribution in [-0.2, 0) is 12.0 Å². The summed E-state index contributed by atoms with van der Waals surface area (Å²) in [6.07, 6.45) is 1.62. The quantitative estimate of drug-likeness (QED) is 0.888. The molecule has 6 heteroatoms. The molecule has 138 valence electrons. The molecule has 1 aromatic carbocycles. The predicted octanol–water partition coefficient (Wildman–Crippen LogP) is 2.83. The number of hydrogen-bond acceptors (Lipinski definition) is 5. The third-order valence-electron chi connectivity index (χ3n) is 4.18. The maximum absolute atomic E-state index is 9.96. The average Bonchev–Trinajstić information content (AvgIpc) is 2.91. The van der Waals surface area contributed by atoms with Gasteiger partial charge in [-0.1, -0.05) is 45.0 Å². The van der Waals surface area contributed by atoms with Gasteiger partial charge in [-0.2, -0.15) is 4.98 Å².